The van der Waals surface area contributed by atoms with E-state index in [9.17, 15) is 5.11 Å². The molecule has 0 aliphatic carbocycles. The van der Waals surface area contributed by atoms with Crippen LogP contribution in [0.2, 0.25) is 0 Å². The summed E-state index contributed by atoms with van der Waals surface area (Å²) in [6.45, 7) is 9.20. The number of phenolic OH excluding ortho intramolecular Hbond substituents is 1. The van der Waals surface area contributed by atoms with Crippen molar-refractivity contribution < 1.29 is 9.84 Å². The molecule has 3 heteroatoms. The van der Waals surface area contributed by atoms with Crippen molar-refractivity contribution in [2.24, 2.45) is 5.41 Å². The van der Waals surface area contributed by atoms with E-state index in [1.165, 1.54) is 12.0 Å². The van der Waals surface area contributed by atoms with Crippen LogP contribution in [0.1, 0.15) is 39.2 Å². The first kappa shape index (κ1) is 15.3. The molecule has 0 aromatic heterocycles. The molecule has 1 aromatic rings. The van der Waals surface area contributed by atoms with E-state index < -0.39 is 0 Å². The molecule has 0 radical (unpaired) electrons. The van der Waals surface area contributed by atoms with Crippen molar-refractivity contribution in [1.82, 2.24) is 5.32 Å². The fraction of sp³-hybridized carbons (Fsp3) is 0.647. The predicted octanol–water partition coefficient (Wildman–Crippen LogP) is 3.12. The van der Waals surface area contributed by atoms with E-state index in [1.54, 1.807) is 6.07 Å². The highest BCUT2D eigenvalue weighted by Gasteiger charge is 2.34. The average Bonchev–Trinajstić information content (AvgIpc) is 2.37. The van der Waals surface area contributed by atoms with Crippen molar-refractivity contribution in [2.45, 2.75) is 45.6 Å². The molecule has 112 valence electrons. The Morgan fingerprint density at radius 2 is 2.15 bits per heavy atom. The van der Waals surface area contributed by atoms with Crippen LogP contribution in [0.3, 0.4) is 0 Å². The van der Waals surface area contributed by atoms with Gasteiger partial charge in [-0.15, -0.1) is 0 Å². The first-order valence-electron chi connectivity index (χ1n) is 7.49. The van der Waals surface area contributed by atoms with Gasteiger partial charge in [0.2, 0.25) is 0 Å². The van der Waals surface area contributed by atoms with Gasteiger partial charge in [-0.2, -0.15) is 0 Å². The molecule has 0 saturated carbocycles. The molecule has 1 saturated heterocycles. The van der Waals surface area contributed by atoms with Crippen molar-refractivity contribution in [3.8, 4) is 5.75 Å². The summed E-state index contributed by atoms with van der Waals surface area (Å²) in [4.78, 5) is 0. The van der Waals surface area contributed by atoms with E-state index in [-0.39, 0.29) is 11.0 Å². The number of ether oxygens (including phenoxy) is 1. The van der Waals surface area contributed by atoms with E-state index in [0.717, 1.165) is 32.6 Å². The van der Waals surface area contributed by atoms with Crippen LogP contribution < -0.4 is 5.32 Å². The zero-order valence-electron chi connectivity index (χ0n) is 12.9. The molecule has 1 fully saturated rings. The van der Waals surface area contributed by atoms with Gasteiger partial charge in [-0.1, -0.05) is 12.1 Å². The van der Waals surface area contributed by atoms with Crippen LogP contribution >= 0.6 is 0 Å². The molecule has 3 nitrogen and oxygen atoms in total. The summed E-state index contributed by atoms with van der Waals surface area (Å²) < 4.78 is 5.75. The summed E-state index contributed by atoms with van der Waals surface area (Å²) in [5, 5.41) is 13.3. The van der Waals surface area contributed by atoms with Crippen molar-refractivity contribution >= 4 is 0 Å². The van der Waals surface area contributed by atoms with Gasteiger partial charge in [0.15, 0.2) is 0 Å². The Morgan fingerprint density at radius 1 is 1.35 bits per heavy atom. The molecule has 1 atom stereocenters. The van der Waals surface area contributed by atoms with Crippen molar-refractivity contribution in [2.75, 3.05) is 19.8 Å². The third-order valence-electron chi connectivity index (χ3n) is 3.89. The highest BCUT2D eigenvalue weighted by molar-refractivity contribution is 5.28. The Morgan fingerprint density at radius 3 is 2.75 bits per heavy atom. The van der Waals surface area contributed by atoms with E-state index in [4.69, 9.17) is 4.74 Å². The second kappa shape index (κ2) is 6.15. The van der Waals surface area contributed by atoms with Crippen LogP contribution in [0, 0.1) is 5.41 Å². The first-order chi connectivity index (χ1) is 9.39. The number of rotatable bonds is 4. The number of benzene rings is 1. The predicted molar refractivity (Wildman–Crippen MR) is 82.1 cm³/mol. The summed E-state index contributed by atoms with van der Waals surface area (Å²) >= 11 is 0. The SMILES string of the molecule is CC(C)(C)NCC1(Cc2cccc(O)c2)CCCOC1. The van der Waals surface area contributed by atoms with Crippen molar-refractivity contribution in [3.63, 3.8) is 0 Å². The normalized spacial score (nSPS) is 23.8. The van der Waals surface area contributed by atoms with Crippen LogP contribution in [0.25, 0.3) is 0 Å². The standard InChI is InChI=1S/C17H27NO2/c1-16(2,3)18-12-17(8-5-9-20-13-17)11-14-6-4-7-15(19)10-14/h4,6-7,10,18-19H,5,8-9,11-13H2,1-3H3. The lowest BCUT2D eigenvalue weighted by Gasteiger charge is -2.39. The van der Waals surface area contributed by atoms with Gasteiger partial charge in [0, 0.05) is 24.1 Å². The second-order valence-electron chi connectivity index (χ2n) is 7.11. The number of hydrogen-bond donors (Lipinski definition) is 2. The van der Waals surface area contributed by atoms with Gasteiger partial charge in [-0.05, 0) is 57.7 Å². The highest BCUT2D eigenvalue weighted by Crippen LogP contribution is 2.33. The Kier molecular flexibility index (Phi) is 4.71. The Hall–Kier alpha value is -1.06. The highest BCUT2D eigenvalue weighted by atomic mass is 16.5. The first-order valence-corrected chi connectivity index (χ1v) is 7.49. The molecular weight excluding hydrogens is 250 g/mol. The van der Waals surface area contributed by atoms with E-state index in [0.29, 0.717) is 5.75 Å². The van der Waals surface area contributed by atoms with Gasteiger partial charge in [0.05, 0.1) is 6.61 Å². The van der Waals surface area contributed by atoms with Crippen LogP contribution in [0.15, 0.2) is 24.3 Å². The molecule has 2 N–H and O–H groups in total. The van der Waals surface area contributed by atoms with Crippen LogP contribution in [0.4, 0.5) is 0 Å². The van der Waals surface area contributed by atoms with Gasteiger partial charge in [-0.25, -0.2) is 0 Å². The topological polar surface area (TPSA) is 41.5 Å². The summed E-state index contributed by atoms with van der Waals surface area (Å²) in [6.07, 6.45) is 3.24. The minimum Gasteiger partial charge on any atom is -0.508 e. The zero-order chi connectivity index (χ0) is 14.6. The minimum atomic E-state index is 0.114. The Balaban J connectivity index is 2.10. The van der Waals surface area contributed by atoms with Gasteiger partial charge in [-0.3, -0.25) is 0 Å². The molecule has 1 aliphatic heterocycles. The summed E-state index contributed by atoms with van der Waals surface area (Å²) in [5.41, 5.74) is 1.44. The number of nitrogens with one attached hydrogen (secondary N) is 1. The summed E-state index contributed by atoms with van der Waals surface area (Å²) in [6, 6.07) is 7.60. The third-order valence-corrected chi connectivity index (χ3v) is 3.89. The monoisotopic (exact) mass is 277 g/mol. The lowest BCUT2D eigenvalue weighted by Crippen LogP contribution is -2.48. The molecule has 0 bridgehead atoms. The Bertz CT molecular complexity index is 431. The summed E-state index contributed by atoms with van der Waals surface area (Å²) in [5.74, 6) is 0.346. The molecule has 1 unspecified atom stereocenters. The lowest BCUT2D eigenvalue weighted by molar-refractivity contribution is -0.00995. The molecule has 1 heterocycles. The third kappa shape index (κ3) is 4.50. The van der Waals surface area contributed by atoms with Gasteiger partial charge >= 0.3 is 0 Å². The maximum absolute atomic E-state index is 9.64. The molecule has 1 aliphatic rings. The average molecular weight is 277 g/mol. The van der Waals surface area contributed by atoms with E-state index in [2.05, 4.69) is 32.2 Å². The van der Waals surface area contributed by atoms with Crippen LogP contribution in [0.5, 0.6) is 5.75 Å². The molecular formula is C17H27NO2. The minimum absolute atomic E-state index is 0.114. The Labute approximate surface area is 122 Å². The van der Waals surface area contributed by atoms with E-state index in [1.807, 2.05) is 12.1 Å². The fourth-order valence-corrected chi connectivity index (χ4v) is 2.80. The van der Waals surface area contributed by atoms with E-state index >= 15 is 0 Å². The summed E-state index contributed by atoms with van der Waals surface area (Å²) in [7, 11) is 0. The van der Waals surface area contributed by atoms with Gasteiger partial charge in [0.25, 0.3) is 0 Å². The molecule has 0 spiro atoms. The van der Waals surface area contributed by atoms with Crippen molar-refractivity contribution in [1.29, 1.82) is 0 Å². The quantitative estimate of drug-likeness (QED) is 0.888. The van der Waals surface area contributed by atoms with Crippen LogP contribution in [-0.2, 0) is 11.2 Å². The maximum atomic E-state index is 9.64. The maximum Gasteiger partial charge on any atom is 0.115 e. The smallest absolute Gasteiger partial charge is 0.115 e. The number of phenols is 1. The lowest BCUT2D eigenvalue weighted by atomic mass is 9.76. The molecule has 20 heavy (non-hydrogen) atoms. The van der Waals surface area contributed by atoms with Gasteiger partial charge in [0.1, 0.15) is 5.75 Å². The molecule has 0 amide bonds. The second-order valence-corrected chi connectivity index (χ2v) is 7.11. The number of hydrogen-bond acceptors (Lipinski definition) is 3. The van der Waals surface area contributed by atoms with Gasteiger partial charge < -0.3 is 15.2 Å². The van der Waals surface area contributed by atoms with Crippen LogP contribution in [-0.4, -0.2) is 30.4 Å². The fourth-order valence-electron chi connectivity index (χ4n) is 2.80. The molecule has 2 rings (SSSR count). The zero-order valence-corrected chi connectivity index (χ0v) is 12.9. The van der Waals surface area contributed by atoms with Crippen molar-refractivity contribution in [3.05, 3.63) is 29.8 Å². The number of aromatic hydroxyl groups is 1. The molecule has 1 aromatic carbocycles. The largest absolute Gasteiger partial charge is 0.508 e.